The predicted molar refractivity (Wildman–Crippen MR) is 201 cm³/mol. The molecule has 224 valence electrons. The van der Waals surface area contributed by atoms with E-state index in [1.807, 2.05) is 0 Å². The lowest BCUT2D eigenvalue weighted by Crippen LogP contribution is -2.49. The lowest BCUT2D eigenvalue weighted by molar-refractivity contribution is 0.669. The zero-order valence-corrected chi connectivity index (χ0v) is 27.4. The van der Waals surface area contributed by atoms with Crippen LogP contribution in [0.1, 0.15) is 0 Å². The number of rotatable bonds is 5. The van der Waals surface area contributed by atoms with Gasteiger partial charge >= 0.3 is 0 Å². The molecule has 8 aromatic rings. The molecule has 0 amide bonds. The minimum absolute atomic E-state index is 0.886. The van der Waals surface area contributed by atoms with Crippen molar-refractivity contribution in [1.82, 2.24) is 0 Å². The summed E-state index contributed by atoms with van der Waals surface area (Å²) < 4.78 is 6.51. The van der Waals surface area contributed by atoms with Crippen LogP contribution in [0.3, 0.4) is 0 Å². The first-order chi connectivity index (χ1) is 23.1. The highest BCUT2D eigenvalue weighted by Gasteiger charge is 2.37. The van der Waals surface area contributed by atoms with E-state index in [1.165, 1.54) is 43.8 Å². The number of anilines is 3. The molecule has 0 spiro atoms. The standard InChI is InChI=1S/C44H33NOSi/c1-47(2)42-19-10-9-16-36(42)37-26-25-35(29-43(37)47)45(34-23-20-32(21-24-34)30-12-5-3-6-13-30)39-17-11-18-41-44(39)38-28-33(22-27-40(38)46-41)31-14-7-4-8-15-31/h3-29H,1-2H3. The second-order valence-electron chi connectivity index (χ2n) is 13.0. The minimum Gasteiger partial charge on any atom is -0.456 e. The second kappa shape index (κ2) is 10.7. The molecule has 0 aliphatic carbocycles. The van der Waals surface area contributed by atoms with Gasteiger partial charge in [0.1, 0.15) is 19.2 Å². The maximum atomic E-state index is 6.51. The fourth-order valence-electron chi connectivity index (χ4n) is 7.50. The van der Waals surface area contributed by atoms with Gasteiger partial charge in [-0.3, -0.25) is 0 Å². The van der Waals surface area contributed by atoms with Crippen LogP contribution in [-0.2, 0) is 0 Å². The summed E-state index contributed by atoms with van der Waals surface area (Å²) in [6.45, 7) is 4.96. The Kier molecular flexibility index (Phi) is 6.31. The number of hydrogen-bond acceptors (Lipinski definition) is 2. The zero-order chi connectivity index (χ0) is 31.5. The predicted octanol–water partition coefficient (Wildman–Crippen LogP) is 11.2. The zero-order valence-electron chi connectivity index (χ0n) is 26.4. The van der Waals surface area contributed by atoms with Gasteiger partial charge < -0.3 is 9.32 Å². The number of nitrogens with zero attached hydrogens (tertiary/aromatic N) is 1. The topological polar surface area (TPSA) is 16.4 Å². The highest BCUT2D eigenvalue weighted by Crippen LogP contribution is 2.44. The maximum Gasteiger partial charge on any atom is 0.137 e. The van der Waals surface area contributed by atoms with Crippen molar-refractivity contribution in [2.75, 3.05) is 4.90 Å². The van der Waals surface area contributed by atoms with E-state index in [0.29, 0.717) is 0 Å². The van der Waals surface area contributed by atoms with E-state index >= 15 is 0 Å². The molecule has 2 heterocycles. The second-order valence-corrected chi connectivity index (χ2v) is 17.3. The molecule has 0 N–H and O–H groups in total. The summed E-state index contributed by atoms with van der Waals surface area (Å²) in [5.41, 5.74) is 12.7. The van der Waals surface area contributed by atoms with Gasteiger partial charge in [0.05, 0.1) is 11.1 Å². The smallest absolute Gasteiger partial charge is 0.137 e. The van der Waals surface area contributed by atoms with Crippen LogP contribution in [0, 0.1) is 0 Å². The monoisotopic (exact) mass is 619 g/mol. The van der Waals surface area contributed by atoms with Crippen molar-refractivity contribution in [2.45, 2.75) is 13.1 Å². The lowest BCUT2D eigenvalue weighted by atomic mass is 10.0. The Balaban J connectivity index is 1.27. The van der Waals surface area contributed by atoms with Gasteiger partial charge in [0, 0.05) is 16.8 Å². The van der Waals surface area contributed by atoms with Crippen LogP contribution in [0.4, 0.5) is 17.1 Å². The number of hydrogen-bond donors (Lipinski definition) is 0. The van der Waals surface area contributed by atoms with Crippen molar-refractivity contribution in [2.24, 2.45) is 0 Å². The van der Waals surface area contributed by atoms with Gasteiger partial charge in [0.2, 0.25) is 0 Å². The molecule has 0 bridgehead atoms. The Morgan fingerprint density at radius 1 is 0.447 bits per heavy atom. The largest absolute Gasteiger partial charge is 0.456 e. The molecule has 1 aliphatic rings. The number of benzene rings is 7. The van der Waals surface area contributed by atoms with E-state index in [-0.39, 0.29) is 0 Å². The fourth-order valence-corrected chi connectivity index (χ4v) is 10.6. The molecule has 7 aromatic carbocycles. The quantitative estimate of drug-likeness (QED) is 0.178. The summed E-state index contributed by atoms with van der Waals surface area (Å²) in [5, 5.41) is 5.24. The SMILES string of the molecule is C[Si]1(C)c2ccccc2-c2ccc(N(c3ccc(-c4ccccc4)cc3)c3cccc4oc5ccc(-c6ccccc6)cc5c34)cc21. The van der Waals surface area contributed by atoms with Crippen LogP contribution in [-0.4, -0.2) is 8.07 Å². The van der Waals surface area contributed by atoms with E-state index in [2.05, 4.69) is 182 Å². The van der Waals surface area contributed by atoms with Gasteiger partial charge in [-0.05, 0) is 92.3 Å². The molecule has 3 heteroatoms. The lowest BCUT2D eigenvalue weighted by Gasteiger charge is -2.28. The van der Waals surface area contributed by atoms with Gasteiger partial charge in [-0.2, -0.15) is 0 Å². The van der Waals surface area contributed by atoms with Crippen LogP contribution in [0.25, 0.3) is 55.3 Å². The van der Waals surface area contributed by atoms with Gasteiger partial charge in [-0.25, -0.2) is 0 Å². The summed E-state index contributed by atoms with van der Waals surface area (Å²) in [5.74, 6) is 0. The third kappa shape index (κ3) is 4.46. The number of furan rings is 1. The van der Waals surface area contributed by atoms with E-state index in [0.717, 1.165) is 39.0 Å². The Hall–Kier alpha value is -5.64. The molecule has 2 nitrogen and oxygen atoms in total. The molecule has 47 heavy (non-hydrogen) atoms. The van der Waals surface area contributed by atoms with E-state index < -0.39 is 8.07 Å². The Labute approximate surface area is 276 Å². The van der Waals surface area contributed by atoms with Crippen LogP contribution >= 0.6 is 0 Å². The van der Waals surface area contributed by atoms with Crippen molar-refractivity contribution in [1.29, 1.82) is 0 Å². The fraction of sp³-hybridized carbons (Fsp3) is 0.0455. The Bertz CT molecular complexity index is 2420. The van der Waals surface area contributed by atoms with Crippen molar-refractivity contribution < 1.29 is 4.42 Å². The number of fused-ring (bicyclic) bond motifs is 6. The third-order valence-electron chi connectivity index (χ3n) is 9.88. The minimum atomic E-state index is -1.89. The van der Waals surface area contributed by atoms with Crippen molar-refractivity contribution >= 4 is 57.4 Å². The Morgan fingerprint density at radius 2 is 1.06 bits per heavy atom. The molecule has 0 atom stereocenters. The first-order valence-electron chi connectivity index (χ1n) is 16.3. The highest BCUT2D eigenvalue weighted by atomic mass is 28.3. The van der Waals surface area contributed by atoms with E-state index in [4.69, 9.17) is 4.42 Å². The molecular weight excluding hydrogens is 587 g/mol. The summed E-state index contributed by atoms with van der Waals surface area (Å²) >= 11 is 0. The first kappa shape index (κ1) is 27.6. The van der Waals surface area contributed by atoms with Gasteiger partial charge in [0.15, 0.2) is 0 Å². The summed E-state index contributed by atoms with van der Waals surface area (Å²) in [7, 11) is -1.89. The van der Waals surface area contributed by atoms with Crippen LogP contribution in [0.2, 0.25) is 13.1 Å². The maximum absolute atomic E-state index is 6.51. The van der Waals surface area contributed by atoms with Crippen molar-refractivity contribution in [3.05, 3.63) is 164 Å². The molecule has 0 saturated carbocycles. The van der Waals surface area contributed by atoms with Crippen molar-refractivity contribution in [3.63, 3.8) is 0 Å². The normalized spacial score (nSPS) is 13.1. The molecule has 0 saturated heterocycles. The Morgan fingerprint density at radius 3 is 1.83 bits per heavy atom. The average molecular weight is 620 g/mol. The summed E-state index contributed by atoms with van der Waals surface area (Å²) in [6.07, 6.45) is 0. The molecular formula is C44H33NOSi. The molecule has 1 aliphatic heterocycles. The molecule has 9 rings (SSSR count). The molecule has 1 aromatic heterocycles. The van der Waals surface area contributed by atoms with Crippen LogP contribution < -0.4 is 15.3 Å². The third-order valence-corrected chi connectivity index (χ3v) is 13.4. The van der Waals surface area contributed by atoms with Crippen LogP contribution in [0.15, 0.2) is 168 Å². The first-order valence-corrected chi connectivity index (χ1v) is 19.3. The van der Waals surface area contributed by atoms with E-state index in [1.54, 1.807) is 0 Å². The van der Waals surface area contributed by atoms with Gasteiger partial charge in [0.25, 0.3) is 0 Å². The summed E-state index contributed by atoms with van der Waals surface area (Å²) in [6, 6.07) is 59.2. The average Bonchev–Trinajstić information content (AvgIpc) is 3.61. The van der Waals surface area contributed by atoms with Gasteiger partial charge in [-0.15, -0.1) is 0 Å². The van der Waals surface area contributed by atoms with Crippen LogP contribution in [0.5, 0.6) is 0 Å². The van der Waals surface area contributed by atoms with Crippen molar-refractivity contribution in [3.8, 4) is 33.4 Å². The van der Waals surface area contributed by atoms with Gasteiger partial charge in [-0.1, -0.05) is 128 Å². The highest BCUT2D eigenvalue weighted by molar-refractivity contribution is 7.03. The molecule has 0 radical (unpaired) electrons. The summed E-state index contributed by atoms with van der Waals surface area (Å²) in [4.78, 5) is 2.43. The molecule has 0 unspecified atom stereocenters. The molecule has 0 fully saturated rings. The van der Waals surface area contributed by atoms with E-state index in [9.17, 15) is 0 Å².